The van der Waals surface area contributed by atoms with Crippen LogP contribution in [0.25, 0.3) is 22.0 Å². The molecule has 6 nitrogen and oxygen atoms in total. The van der Waals surface area contributed by atoms with Crippen LogP contribution in [0.2, 0.25) is 5.02 Å². The lowest BCUT2D eigenvalue weighted by molar-refractivity contribution is 0.0968. The summed E-state index contributed by atoms with van der Waals surface area (Å²) >= 11 is 6.17. The summed E-state index contributed by atoms with van der Waals surface area (Å²) in [6.45, 7) is 2.02. The Kier molecular flexibility index (Phi) is 6.54. The topological polar surface area (TPSA) is 75.2 Å². The van der Waals surface area contributed by atoms with Crippen molar-refractivity contribution >= 4 is 51.8 Å². The molecule has 0 atom stereocenters. The van der Waals surface area contributed by atoms with Crippen molar-refractivity contribution in [3.8, 4) is 11.1 Å². The molecule has 38 heavy (non-hydrogen) atoms. The summed E-state index contributed by atoms with van der Waals surface area (Å²) in [6.07, 6.45) is 9.19. The van der Waals surface area contributed by atoms with E-state index in [9.17, 15) is 14.0 Å². The molecule has 2 aliphatic rings. The summed E-state index contributed by atoms with van der Waals surface area (Å²) in [5.74, 6) is 0.344. The molecule has 1 aliphatic carbocycles. The van der Waals surface area contributed by atoms with Crippen LogP contribution in [0.5, 0.6) is 0 Å². The van der Waals surface area contributed by atoms with Gasteiger partial charge in [0.15, 0.2) is 12.1 Å². The van der Waals surface area contributed by atoms with Crippen LogP contribution in [0.1, 0.15) is 52.8 Å². The van der Waals surface area contributed by atoms with Crippen molar-refractivity contribution < 1.29 is 14.0 Å². The molecule has 3 heterocycles. The molecule has 192 valence electrons. The summed E-state index contributed by atoms with van der Waals surface area (Å²) in [5.41, 5.74) is 3.68. The Morgan fingerprint density at radius 2 is 1.82 bits per heavy atom. The lowest BCUT2D eigenvalue weighted by Gasteiger charge is -2.27. The molecular weight excluding hydrogens is 503 g/mol. The third-order valence-electron chi connectivity index (χ3n) is 7.31. The van der Waals surface area contributed by atoms with Crippen LogP contribution >= 0.6 is 11.6 Å². The molecule has 0 spiro atoms. The van der Waals surface area contributed by atoms with E-state index in [1.165, 1.54) is 25.3 Å². The first-order chi connectivity index (χ1) is 18.5. The van der Waals surface area contributed by atoms with Gasteiger partial charge in [0.2, 0.25) is 0 Å². The number of hydrogen-bond donors (Lipinski definition) is 1. The number of hydrogen-bond acceptors (Lipinski definition) is 6. The highest BCUT2D eigenvalue weighted by Crippen LogP contribution is 2.39. The summed E-state index contributed by atoms with van der Waals surface area (Å²) in [5, 5.41) is 4.21. The van der Waals surface area contributed by atoms with E-state index < -0.39 is 5.82 Å². The molecule has 1 N–H and O–H groups in total. The van der Waals surface area contributed by atoms with Gasteiger partial charge in [-0.25, -0.2) is 9.37 Å². The Morgan fingerprint density at radius 1 is 1.00 bits per heavy atom. The van der Waals surface area contributed by atoms with Gasteiger partial charge >= 0.3 is 0 Å². The van der Waals surface area contributed by atoms with Crippen LogP contribution in [0.4, 0.5) is 21.6 Å². The number of carbonyl (C=O) groups is 2. The summed E-state index contributed by atoms with van der Waals surface area (Å²) < 4.78 is 14.5. The van der Waals surface area contributed by atoms with E-state index in [2.05, 4.69) is 20.2 Å². The Morgan fingerprint density at radius 3 is 2.50 bits per heavy atom. The Balaban J connectivity index is 1.42. The lowest BCUT2D eigenvalue weighted by atomic mass is 9.98. The minimum Gasteiger partial charge on any atom is -0.357 e. The molecule has 2 aromatic heterocycles. The predicted molar refractivity (Wildman–Crippen MR) is 148 cm³/mol. The number of rotatable bonds is 7. The molecule has 4 aromatic rings. The number of pyridine rings is 2. The van der Waals surface area contributed by atoms with Crippen molar-refractivity contribution in [1.82, 2.24) is 9.97 Å². The fraction of sp³-hybridized carbons (Fsp3) is 0.267. The average molecular weight is 529 g/mol. The zero-order valence-electron chi connectivity index (χ0n) is 20.7. The van der Waals surface area contributed by atoms with Crippen molar-refractivity contribution in [1.29, 1.82) is 0 Å². The maximum Gasteiger partial charge on any atom is 0.169 e. The zero-order chi connectivity index (χ0) is 26.2. The van der Waals surface area contributed by atoms with Crippen molar-refractivity contribution in [3.63, 3.8) is 0 Å². The predicted octanol–water partition coefficient (Wildman–Crippen LogP) is 7.23. The van der Waals surface area contributed by atoms with E-state index in [-0.39, 0.29) is 22.3 Å². The molecule has 0 bridgehead atoms. The van der Waals surface area contributed by atoms with Gasteiger partial charge < -0.3 is 10.2 Å². The smallest absolute Gasteiger partial charge is 0.169 e. The van der Waals surface area contributed by atoms with Gasteiger partial charge in [0, 0.05) is 30.6 Å². The van der Waals surface area contributed by atoms with Gasteiger partial charge in [-0.15, -0.1) is 0 Å². The van der Waals surface area contributed by atoms with E-state index >= 15 is 0 Å². The standard InChI is InChI=1S/C30H26ClFN4O2/c31-25-13-20(14-26(32)24(25)17-37)19-6-8-27-22(12-19)29(23(16-33-27)30(38)18-4-5-18)35-21-7-9-28(34-15-21)36-10-2-1-3-11-36/h6-9,12-18H,1-5,10-11H2,(H,33,35). The van der Waals surface area contributed by atoms with Gasteiger partial charge in [-0.05, 0) is 79.6 Å². The molecule has 2 aromatic carbocycles. The molecule has 6 rings (SSSR count). The third-order valence-corrected chi connectivity index (χ3v) is 7.62. The van der Waals surface area contributed by atoms with E-state index in [1.54, 1.807) is 18.5 Å². The second-order valence-electron chi connectivity index (χ2n) is 9.97. The molecular formula is C30H26ClFN4O2. The number of anilines is 3. The minimum atomic E-state index is -0.684. The fourth-order valence-corrected chi connectivity index (χ4v) is 5.29. The quantitative estimate of drug-likeness (QED) is 0.201. The van der Waals surface area contributed by atoms with Gasteiger partial charge in [0.1, 0.15) is 11.6 Å². The van der Waals surface area contributed by atoms with E-state index in [0.29, 0.717) is 34.2 Å². The second kappa shape index (κ2) is 10.1. The number of aromatic nitrogens is 2. The van der Waals surface area contributed by atoms with Crippen molar-refractivity contribution in [2.24, 2.45) is 5.92 Å². The third kappa shape index (κ3) is 4.74. The first-order valence-corrected chi connectivity index (χ1v) is 13.3. The van der Waals surface area contributed by atoms with Crippen LogP contribution in [0.15, 0.2) is 54.9 Å². The van der Waals surface area contributed by atoms with Gasteiger partial charge in [0.25, 0.3) is 0 Å². The van der Waals surface area contributed by atoms with Crippen molar-refractivity contribution in [3.05, 3.63) is 76.8 Å². The van der Waals surface area contributed by atoms with E-state index in [1.807, 2.05) is 30.3 Å². The molecule has 1 saturated heterocycles. The highest BCUT2D eigenvalue weighted by molar-refractivity contribution is 6.33. The first kappa shape index (κ1) is 24.5. The summed E-state index contributed by atoms with van der Waals surface area (Å²) in [4.78, 5) is 35.9. The molecule has 1 aliphatic heterocycles. The normalized spacial score (nSPS) is 15.5. The molecule has 8 heteroatoms. The Hall–Kier alpha value is -3.84. The van der Waals surface area contributed by atoms with Gasteiger partial charge in [-0.2, -0.15) is 0 Å². The van der Waals surface area contributed by atoms with Gasteiger partial charge in [0.05, 0.1) is 39.2 Å². The number of nitrogens with one attached hydrogen (secondary N) is 1. The number of piperidine rings is 1. The van der Waals surface area contributed by atoms with Crippen molar-refractivity contribution in [2.75, 3.05) is 23.3 Å². The number of fused-ring (bicyclic) bond motifs is 1. The highest BCUT2D eigenvalue weighted by atomic mass is 35.5. The first-order valence-electron chi connectivity index (χ1n) is 12.9. The van der Waals surface area contributed by atoms with Gasteiger partial charge in [-0.3, -0.25) is 14.6 Å². The molecule has 2 fully saturated rings. The number of Topliss-reactive ketones (excluding diaryl/α,β-unsaturated/α-hetero) is 1. The van der Waals surface area contributed by atoms with Crippen molar-refractivity contribution in [2.45, 2.75) is 32.1 Å². The SMILES string of the molecule is O=Cc1c(F)cc(-c2ccc3ncc(C(=O)C4CC4)c(Nc4ccc(N5CCCCC5)nc4)c3c2)cc1Cl. The monoisotopic (exact) mass is 528 g/mol. The Bertz CT molecular complexity index is 1520. The molecule has 0 unspecified atom stereocenters. The lowest BCUT2D eigenvalue weighted by Crippen LogP contribution is -2.29. The Labute approximate surface area is 224 Å². The maximum absolute atomic E-state index is 14.5. The second-order valence-corrected chi connectivity index (χ2v) is 10.4. The van der Waals surface area contributed by atoms with Crippen LogP contribution in [-0.2, 0) is 0 Å². The van der Waals surface area contributed by atoms with Crippen LogP contribution < -0.4 is 10.2 Å². The summed E-state index contributed by atoms with van der Waals surface area (Å²) in [6, 6.07) is 12.4. The highest BCUT2D eigenvalue weighted by Gasteiger charge is 2.32. The number of ketones is 1. The number of carbonyl (C=O) groups excluding carboxylic acids is 2. The zero-order valence-corrected chi connectivity index (χ0v) is 21.5. The molecule has 0 radical (unpaired) electrons. The van der Waals surface area contributed by atoms with E-state index in [4.69, 9.17) is 11.6 Å². The van der Waals surface area contributed by atoms with Crippen LogP contribution in [0.3, 0.4) is 0 Å². The summed E-state index contributed by atoms with van der Waals surface area (Å²) in [7, 11) is 0. The maximum atomic E-state index is 14.5. The van der Waals surface area contributed by atoms with Gasteiger partial charge in [-0.1, -0.05) is 17.7 Å². The number of nitrogens with zero attached hydrogens (tertiary/aromatic N) is 3. The fourth-order valence-electron chi connectivity index (χ4n) is 5.04. The number of halogens is 2. The average Bonchev–Trinajstić information content (AvgIpc) is 3.79. The largest absolute Gasteiger partial charge is 0.357 e. The molecule has 1 saturated carbocycles. The minimum absolute atomic E-state index is 0.0152. The molecule has 0 amide bonds. The van der Waals surface area contributed by atoms with Crippen LogP contribution in [-0.4, -0.2) is 35.1 Å². The van der Waals surface area contributed by atoms with Crippen LogP contribution in [0, 0.1) is 11.7 Å². The number of benzene rings is 2. The number of aldehydes is 1. The van der Waals surface area contributed by atoms with E-state index in [0.717, 1.165) is 42.8 Å².